The molecule has 0 aliphatic carbocycles. The van der Waals surface area contributed by atoms with Crippen LogP contribution in [-0.2, 0) is 0 Å². The van der Waals surface area contributed by atoms with Gasteiger partial charge in [0.2, 0.25) is 12.3 Å². The molecule has 3 rings (SSSR count). The van der Waals surface area contributed by atoms with Crippen LogP contribution >= 0.6 is 22.9 Å². The number of nitrogens with zero attached hydrogens (tertiary/aromatic N) is 2. The molecule has 0 amide bonds. The number of thiophene rings is 1. The maximum Gasteiger partial charge on any atom is 0.247 e. The van der Waals surface area contributed by atoms with E-state index >= 15 is 0 Å². The number of hydrogen-bond acceptors (Lipinski definition) is 5. The van der Waals surface area contributed by atoms with Gasteiger partial charge in [0.05, 0.1) is 10.4 Å². The van der Waals surface area contributed by atoms with Gasteiger partial charge in [-0.15, -0.1) is 21.5 Å². The van der Waals surface area contributed by atoms with Crippen molar-refractivity contribution in [2.24, 2.45) is 0 Å². The van der Waals surface area contributed by atoms with E-state index in [0.29, 0.717) is 5.89 Å². The molecule has 1 unspecified atom stereocenters. The Kier molecular flexibility index (Phi) is 3.71. The molecule has 102 valence electrons. The van der Waals surface area contributed by atoms with Gasteiger partial charge in [-0.05, 0) is 43.3 Å². The predicted molar refractivity (Wildman–Crippen MR) is 81.1 cm³/mol. The molecule has 0 fully saturated rings. The Labute approximate surface area is 125 Å². The fourth-order valence-electron chi connectivity index (χ4n) is 1.89. The SMILES string of the molecule is CC(Nc1ccc(-c2nnco2)cc1)c1ccc(Cl)s1. The highest BCUT2D eigenvalue weighted by Gasteiger charge is 2.09. The normalized spacial score (nSPS) is 12.3. The minimum atomic E-state index is 0.210. The first-order valence-corrected chi connectivity index (χ1v) is 7.30. The summed E-state index contributed by atoms with van der Waals surface area (Å²) in [5, 5.41) is 11.0. The van der Waals surface area contributed by atoms with Gasteiger partial charge >= 0.3 is 0 Å². The van der Waals surface area contributed by atoms with Crippen molar-refractivity contribution in [2.75, 3.05) is 5.32 Å². The standard InChI is InChI=1S/C14H12ClN3OS/c1-9(12-6-7-13(15)20-12)17-11-4-2-10(3-5-11)14-18-16-8-19-14/h2-9,17H,1H3. The van der Waals surface area contributed by atoms with Crippen molar-refractivity contribution in [2.45, 2.75) is 13.0 Å². The fourth-order valence-corrected chi connectivity index (χ4v) is 2.95. The summed E-state index contributed by atoms with van der Waals surface area (Å²) in [6.45, 7) is 2.11. The van der Waals surface area contributed by atoms with E-state index in [9.17, 15) is 0 Å². The third-order valence-corrected chi connectivity index (χ3v) is 4.31. The first-order valence-electron chi connectivity index (χ1n) is 6.11. The van der Waals surface area contributed by atoms with E-state index in [2.05, 4.69) is 22.4 Å². The minimum absolute atomic E-state index is 0.210. The number of halogens is 1. The van der Waals surface area contributed by atoms with Gasteiger partial charge in [-0.25, -0.2) is 0 Å². The van der Waals surface area contributed by atoms with E-state index in [4.69, 9.17) is 16.0 Å². The molecular formula is C14H12ClN3OS. The van der Waals surface area contributed by atoms with Crippen LogP contribution in [-0.4, -0.2) is 10.2 Å². The quantitative estimate of drug-likeness (QED) is 0.764. The van der Waals surface area contributed by atoms with Gasteiger partial charge < -0.3 is 9.73 Å². The third kappa shape index (κ3) is 2.84. The van der Waals surface area contributed by atoms with Crippen LogP contribution in [0.25, 0.3) is 11.5 Å². The lowest BCUT2D eigenvalue weighted by Crippen LogP contribution is -2.04. The molecule has 2 aromatic heterocycles. The molecule has 0 saturated heterocycles. The first-order chi connectivity index (χ1) is 9.72. The lowest BCUT2D eigenvalue weighted by atomic mass is 10.2. The summed E-state index contributed by atoms with van der Waals surface area (Å²) >= 11 is 7.54. The zero-order chi connectivity index (χ0) is 13.9. The molecule has 20 heavy (non-hydrogen) atoms. The third-order valence-electron chi connectivity index (χ3n) is 2.90. The van der Waals surface area contributed by atoms with Crippen molar-refractivity contribution in [1.82, 2.24) is 10.2 Å². The van der Waals surface area contributed by atoms with Gasteiger partial charge in [0.25, 0.3) is 0 Å². The highest BCUT2D eigenvalue weighted by Crippen LogP contribution is 2.29. The Morgan fingerprint density at radius 2 is 2.00 bits per heavy atom. The summed E-state index contributed by atoms with van der Waals surface area (Å²) in [6.07, 6.45) is 1.32. The molecular weight excluding hydrogens is 294 g/mol. The Morgan fingerprint density at radius 3 is 2.60 bits per heavy atom. The lowest BCUT2D eigenvalue weighted by Gasteiger charge is -2.13. The summed E-state index contributed by atoms with van der Waals surface area (Å²) in [6, 6.07) is 12.0. The average Bonchev–Trinajstić information content (AvgIpc) is 3.10. The van der Waals surface area contributed by atoms with Crippen molar-refractivity contribution in [3.8, 4) is 11.5 Å². The van der Waals surface area contributed by atoms with Gasteiger partial charge in [-0.1, -0.05) is 11.6 Å². The van der Waals surface area contributed by atoms with Crippen molar-refractivity contribution in [3.05, 3.63) is 52.0 Å². The van der Waals surface area contributed by atoms with E-state index in [0.717, 1.165) is 15.6 Å². The topological polar surface area (TPSA) is 51.0 Å². The number of anilines is 1. The molecule has 6 heteroatoms. The summed E-state index contributed by atoms with van der Waals surface area (Å²) in [5.74, 6) is 0.523. The molecule has 1 aromatic carbocycles. The smallest absolute Gasteiger partial charge is 0.247 e. The Balaban J connectivity index is 1.72. The van der Waals surface area contributed by atoms with E-state index in [1.165, 1.54) is 11.3 Å². The van der Waals surface area contributed by atoms with E-state index in [1.54, 1.807) is 11.3 Å². The van der Waals surface area contributed by atoms with Crippen molar-refractivity contribution >= 4 is 28.6 Å². The average molecular weight is 306 g/mol. The van der Waals surface area contributed by atoms with Crippen LogP contribution in [0.4, 0.5) is 5.69 Å². The molecule has 3 aromatic rings. The van der Waals surface area contributed by atoms with Gasteiger partial charge in [0, 0.05) is 16.1 Å². The van der Waals surface area contributed by atoms with Crippen molar-refractivity contribution in [1.29, 1.82) is 0 Å². The zero-order valence-corrected chi connectivity index (χ0v) is 12.3. The fraction of sp³-hybridized carbons (Fsp3) is 0.143. The zero-order valence-electron chi connectivity index (χ0n) is 10.7. The molecule has 0 saturated carbocycles. The second-order valence-corrected chi connectivity index (χ2v) is 6.08. The number of benzene rings is 1. The van der Waals surface area contributed by atoms with Crippen LogP contribution in [0.15, 0.2) is 47.2 Å². The summed E-state index contributed by atoms with van der Waals surface area (Å²) in [4.78, 5) is 1.20. The summed E-state index contributed by atoms with van der Waals surface area (Å²) < 4.78 is 5.96. The molecule has 4 nitrogen and oxygen atoms in total. The molecule has 0 aliphatic rings. The second kappa shape index (κ2) is 5.64. The Morgan fingerprint density at radius 1 is 1.20 bits per heavy atom. The molecule has 0 bridgehead atoms. The van der Waals surface area contributed by atoms with Gasteiger partial charge in [-0.2, -0.15) is 0 Å². The Hall–Kier alpha value is -1.85. The molecule has 0 spiro atoms. The van der Waals surface area contributed by atoms with Gasteiger partial charge in [0.1, 0.15) is 0 Å². The second-order valence-electron chi connectivity index (χ2n) is 4.33. The highest BCUT2D eigenvalue weighted by molar-refractivity contribution is 7.16. The molecule has 0 aliphatic heterocycles. The van der Waals surface area contributed by atoms with Crippen LogP contribution in [0, 0.1) is 0 Å². The van der Waals surface area contributed by atoms with Crippen LogP contribution in [0.1, 0.15) is 17.8 Å². The monoisotopic (exact) mass is 305 g/mol. The van der Waals surface area contributed by atoms with Gasteiger partial charge in [0.15, 0.2) is 0 Å². The molecule has 1 N–H and O–H groups in total. The maximum absolute atomic E-state index is 5.95. The number of hydrogen-bond donors (Lipinski definition) is 1. The number of aromatic nitrogens is 2. The largest absolute Gasteiger partial charge is 0.423 e. The van der Waals surface area contributed by atoms with Crippen LogP contribution in [0.3, 0.4) is 0 Å². The van der Waals surface area contributed by atoms with E-state index in [1.807, 2.05) is 36.4 Å². The van der Waals surface area contributed by atoms with Crippen LogP contribution in [0.5, 0.6) is 0 Å². The van der Waals surface area contributed by atoms with E-state index in [-0.39, 0.29) is 6.04 Å². The lowest BCUT2D eigenvalue weighted by molar-refractivity contribution is 0.568. The van der Waals surface area contributed by atoms with Crippen molar-refractivity contribution < 1.29 is 4.42 Å². The van der Waals surface area contributed by atoms with Gasteiger partial charge in [-0.3, -0.25) is 0 Å². The highest BCUT2D eigenvalue weighted by atomic mass is 35.5. The summed E-state index contributed by atoms with van der Waals surface area (Å²) in [7, 11) is 0. The molecule has 2 heterocycles. The maximum atomic E-state index is 5.95. The van der Waals surface area contributed by atoms with Crippen molar-refractivity contribution in [3.63, 3.8) is 0 Å². The van der Waals surface area contributed by atoms with Crippen LogP contribution < -0.4 is 5.32 Å². The minimum Gasteiger partial charge on any atom is -0.423 e. The van der Waals surface area contributed by atoms with E-state index < -0.39 is 0 Å². The van der Waals surface area contributed by atoms with Crippen LogP contribution in [0.2, 0.25) is 4.34 Å². The molecule has 0 radical (unpaired) electrons. The summed E-state index contributed by atoms with van der Waals surface area (Å²) in [5.41, 5.74) is 1.94. The number of nitrogens with one attached hydrogen (secondary N) is 1. The number of rotatable bonds is 4. The first kappa shape index (κ1) is 13.1. The Bertz CT molecular complexity index is 679. The predicted octanol–water partition coefficient (Wildman–Crippen LogP) is 4.62. The molecule has 1 atom stereocenters.